The van der Waals surface area contributed by atoms with E-state index in [2.05, 4.69) is 42.5 Å². The van der Waals surface area contributed by atoms with E-state index in [-0.39, 0.29) is 0 Å². The summed E-state index contributed by atoms with van der Waals surface area (Å²) in [5.74, 6) is 0.693. The molecule has 15 heavy (non-hydrogen) atoms. The molecule has 2 aliphatic rings. The van der Waals surface area contributed by atoms with Crippen molar-refractivity contribution in [2.45, 2.75) is 33.1 Å². The lowest BCUT2D eigenvalue weighted by atomic mass is 9.64. The highest BCUT2D eigenvalue weighted by atomic mass is 127. The SMILES string of the molecule is CC1(C)CC(C(=O)N2CC=C(I)CC2)C1. The van der Waals surface area contributed by atoms with Crippen molar-refractivity contribution in [3.05, 3.63) is 9.66 Å². The summed E-state index contributed by atoms with van der Waals surface area (Å²) in [4.78, 5) is 14.1. The van der Waals surface area contributed by atoms with E-state index in [1.807, 2.05) is 4.90 Å². The van der Waals surface area contributed by atoms with Crippen molar-refractivity contribution in [1.29, 1.82) is 0 Å². The monoisotopic (exact) mass is 319 g/mol. The topological polar surface area (TPSA) is 20.3 Å². The van der Waals surface area contributed by atoms with Crippen molar-refractivity contribution in [1.82, 2.24) is 4.90 Å². The maximum Gasteiger partial charge on any atom is 0.226 e. The van der Waals surface area contributed by atoms with Crippen molar-refractivity contribution in [3.63, 3.8) is 0 Å². The van der Waals surface area contributed by atoms with Crippen LogP contribution in [0, 0.1) is 11.3 Å². The van der Waals surface area contributed by atoms with Gasteiger partial charge in [0.05, 0.1) is 0 Å². The van der Waals surface area contributed by atoms with Crippen LogP contribution in [-0.2, 0) is 4.79 Å². The van der Waals surface area contributed by atoms with Gasteiger partial charge in [-0.05, 0) is 50.8 Å². The molecule has 0 unspecified atom stereocenters. The third kappa shape index (κ3) is 2.55. The maximum absolute atomic E-state index is 12.1. The van der Waals surface area contributed by atoms with Crippen molar-refractivity contribution in [3.8, 4) is 0 Å². The smallest absolute Gasteiger partial charge is 0.226 e. The summed E-state index contributed by atoms with van der Waals surface area (Å²) < 4.78 is 1.39. The predicted octanol–water partition coefficient (Wildman–Crippen LogP) is 2.97. The Balaban J connectivity index is 1.88. The van der Waals surface area contributed by atoms with Gasteiger partial charge < -0.3 is 4.90 Å². The molecule has 0 bridgehead atoms. The second-order valence-corrected chi connectivity index (χ2v) is 6.84. The van der Waals surface area contributed by atoms with E-state index in [0.29, 0.717) is 17.2 Å². The molecule has 3 heteroatoms. The lowest BCUT2D eigenvalue weighted by Crippen LogP contribution is -2.46. The van der Waals surface area contributed by atoms with E-state index in [9.17, 15) is 4.79 Å². The molecule has 84 valence electrons. The highest BCUT2D eigenvalue weighted by molar-refractivity contribution is 14.1. The summed E-state index contributed by atoms with van der Waals surface area (Å²) >= 11 is 2.36. The largest absolute Gasteiger partial charge is 0.338 e. The minimum Gasteiger partial charge on any atom is -0.338 e. The van der Waals surface area contributed by atoms with Crippen molar-refractivity contribution >= 4 is 28.5 Å². The summed E-state index contributed by atoms with van der Waals surface area (Å²) in [6.45, 7) is 6.24. The van der Waals surface area contributed by atoms with Crippen LogP contribution in [0.2, 0.25) is 0 Å². The molecular weight excluding hydrogens is 301 g/mol. The van der Waals surface area contributed by atoms with Gasteiger partial charge in [0.2, 0.25) is 5.91 Å². The molecule has 0 radical (unpaired) electrons. The zero-order valence-electron chi connectivity index (χ0n) is 9.42. The number of rotatable bonds is 1. The highest BCUT2D eigenvalue weighted by Gasteiger charge is 2.41. The molecule has 2 rings (SSSR count). The Hall–Kier alpha value is -0.0600. The van der Waals surface area contributed by atoms with Gasteiger partial charge in [-0.15, -0.1) is 0 Å². The molecule has 2 nitrogen and oxygen atoms in total. The average molecular weight is 319 g/mol. The fourth-order valence-corrected chi connectivity index (χ4v) is 2.99. The molecule has 1 aliphatic carbocycles. The Morgan fingerprint density at radius 1 is 1.53 bits per heavy atom. The molecule has 0 spiro atoms. The molecule has 0 aromatic rings. The summed E-state index contributed by atoms with van der Waals surface area (Å²) in [5, 5.41) is 0. The number of hydrogen-bond donors (Lipinski definition) is 0. The Morgan fingerprint density at radius 3 is 2.67 bits per heavy atom. The fraction of sp³-hybridized carbons (Fsp3) is 0.750. The quantitative estimate of drug-likeness (QED) is 0.681. The van der Waals surface area contributed by atoms with Gasteiger partial charge in [-0.25, -0.2) is 0 Å². The van der Waals surface area contributed by atoms with Gasteiger partial charge in [0.15, 0.2) is 0 Å². The molecule has 0 atom stereocenters. The molecule has 0 N–H and O–H groups in total. The van der Waals surface area contributed by atoms with Crippen LogP contribution in [0.4, 0.5) is 0 Å². The standard InChI is InChI=1S/C12H18INO/c1-12(2)7-9(8-12)11(15)14-5-3-10(13)4-6-14/h3,9H,4-8H2,1-2H3. The van der Waals surface area contributed by atoms with E-state index < -0.39 is 0 Å². The van der Waals surface area contributed by atoms with Crippen LogP contribution >= 0.6 is 22.6 Å². The van der Waals surface area contributed by atoms with E-state index in [1.54, 1.807) is 0 Å². The first kappa shape index (κ1) is 11.4. The van der Waals surface area contributed by atoms with Crippen LogP contribution in [-0.4, -0.2) is 23.9 Å². The number of nitrogens with zero attached hydrogens (tertiary/aromatic N) is 1. The first-order valence-corrected chi connectivity index (χ1v) is 6.69. The van der Waals surface area contributed by atoms with Crippen molar-refractivity contribution < 1.29 is 4.79 Å². The summed E-state index contributed by atoms with van der Waals surface area (Å²) in [5.41, 5.74) is 0.403. The molecule has 1 amide bonds. The zero-order valence-corrected chi connectivity index (χ0v) is 11.6. The molecule has 1 heterocycles. The van der Waals surface area contributed by atoms with E-state index in [4.69, 9.17) is 0 Å². The first-order chi connectivity index (χ1) is 6.98. The number of carbonyl (C=O) groups excluding carboxylic acids is 1. The van der Waals surface area contributed by atoms with E-state index in [0.717, 1.165) is 32.4 Å². The van der Waals surface area contributed by atoms with Gasteiger partial charge in [-0.2, -0.15) is 0 Å². The minimum absolute atomic E-state index is 0.309. The van der Waals surface area contributed by atoms with Crippen LogP contribution in [0.1, 0.15) is 33.1 Å². The maximum atomic E-state index is 12.1. The second-order valence-electron chi connectivity index (χ2n) is 5.45. The number of hydrogen-bond acceptors (Lipinski definition) is 1. The Labute approximate surface area is 105 Å². The van der Waals surface area contributed by atoms with Gasteiger partial charge in [-0.3, -0.25) is 4.79 Å². The van der Waals surface area contributed by atoms with Crippen LogP contribution in [0.5, 0.6) is 0 Å². The Kier molecular flexibility index (Phi) is 3.10. The number of amides is 1. The fourth-order valence-electron chi connectivity index (χ4n) is 2.55. The summed E-state index contributed by atoms with van der Waals surface area (Å²) in [6, 6.07) is 0. The summed E-state index contributed by atoms with van der Waals surface area (Å²) in [7, 11) is 0. The zero-order chi connectivity index (χ0) is 11.1. The first-order valence-electron chi connectivity index (χ1n) is 5.61. The molecule has 0 saturated heterocycles. The Morgan fingerprint density at radius 2 is 2.20 bits per heavy atom. The normalized spacial score (nSPS) is 25.8. The number of carbonyl (C=O) groups is 1. The van der Waals surface area contributed by atoms with Gasteiger partial charge in [0.25, 0.3) is 0 Å². The van der Waals surface area contributed by atoms with Crippen LogP contribution in [0.3, 0.4) is 0 Å². The number of halogens is 1. The molecule has 1 aliphatic heterocycles. The van der Waals surface area contributed by atoms with Crippen LogP contribution < -0.4 is 0 Å². The van der Waals surface area contributed by atoms with Crippen LogP contribution in [0.15, 0.2) is 9.66 Å². The third-order valence-electron chi connectivity index (χ3n) is 3.41. The predicted molar refractivity (Wildman–Crippen MR) is 69.8 cm³/mol. The van der Waals surface area contributed by atoms with Gasteiger partial charge >= 0.3 is 0 Å². The molecule has 0 aromatic heterocycles. The minimum atomic E-state index is 0.309. The van der Waals surface area contributed by atoms with Crippen molar-refractivity contribution in [2.24, 2.45) is 11.3 Å². The van der Waals surface area contributed by atoms with E-state index in [1.165, 1.54) is 3.58 Å². The van der Waals surface area contributed by atoms with Gasteiger partial charge in [0.1, 0.15) is 0 Å². The molecule has 0 aromatic carbocycles. The molecule has 1 saturated carbocycles. The third-order valence-corrected chi connectivity index (χ3v) is 4.39. The van der Waals surface area contributed by atoms with Crippen molar-refractivity contribution in [2.75, 3.05) is 13.1 Å². The lowest BCUT2D eigenvalue weighted by molar-refractivity contribution is -0.142. The van der Waals surface area contributed by atoms with Gasteiger partial charge in [-0.1, -0.05) is 19.9 Å². The Bertz CT molecular complexity index is 301. The van der Waals surface area contributed by atoms with Gasteiger partial charge in [0, 0.05) is 19.0 Å². The second kappa shape index (κ2) is 4.07. The van der Waals surface area contributed by atoms with E-state index >= 15 is 0 Å². The highest BCUT2D eigenvalue weighted by Crippen LogP contribution is 2.45. The molecule has 1 fully saturated rings. The van der Waals surface area contributed by atoms with Crippen LogP contribution in [0.25, 0.3) is 0 Å². The summed E-state index contributed by atoms with van der Waals surface area (Å²) in [6.07, 6.45) is 5.36. The lowest BCUT2D eigenvalue weighted by Gasteiger charge is -2.43. The average Bonchev–Trinajstić information content (AvgIpc) is 2.14. The molecular formula is C12H18INO.